The van der Waals surface area contributed by atoms with Gasteiger partial charge < -0.3 is 10.6 Å². The van der Waals surface area contributed by atoms with Crippen molar-refractivity contribution in [3.05, 3.63) is 60.6 Å². The molecule has 1 aliphatic carbocycles. The van der Waals surface area contributed by atoms with E-state index in [1.165, 1.54) is 16.8 Å². The smallest absolute Gasteiger partial charge is 0.244 e. The molecule has 10 heteroatoms. The van der Waals surface area contributed by atoms with Gasteiger partial charge in [0.2, 0.25) is 16.0 Å². The van der Waals surface area contributed by atoms with Gasteiger partial charge in [-0.1, -0.05) is 30.3 Å². The number of aromatic amines is 1. The number of nitrogens with one attached hydrogen (secondary N) is 3. The number of aromatic nitrogens is 5. The molecule has 1 aliphatic rings. The Morgan fingerprint density at radius 2 is 2.00 bits per heavy atom. The lowest BCUT2D eigenvalue weighted by atomic mass is 10.2. The normalized spacial score (nSPS) is 15.1. The minimum absolute atomic E-state index is 0.118. The molecule has 0 amide bonds. The van der Waals surface area contributed by atoms with Crippen LogP contribution in [0.25, 0.3) is 11.0 Å². The van der Waals surface area contributed by atoms with Crippen molar-refractivity contribution in [2.75, 3.05) is 10.6 Å². The number of H-pyrrole nitrogens is 1. The molecule has 1 atom stereocenters. The first-order chi connectivity index (χ1) is 15.0. The van der Waals surface area contributed by atoms with Gasteiger partial charge in [-0.25, -0.2) is 12.4 Å². The van der Waals surface area contributed by atoms with Crippen molar-refractivity contribution in [3.63, 3.8) is 0 Å². The maximum atomic E-state index is 13.2. The van der Waals surface area contributed by atoms with E-state index in [1.807, 2.05) is 18.2 Å². The van der Waals surface area contributed by atoms with Gasteiger partial charge in [0, 0.05) is 18.4 Å². The van der Waals surface area contributed by atoms with Crippen LogP contribution < -0.4 is 10.6 Å². The third-order valence-electron chi connectivity index (χ3n) is 5.45. The highest BCUT2D eigenvalue weighted by Gasteiger charge is 2.29. The van der Waals surface area contributed by atoms with Gasteiger partial charge in [0.15, 0.2) is 5.65 Å². The van der Waals surface area contributed by atoms with Crippen LogP contribution >= 0.6 is 0 Å². The highest BCUT2D eigenvalue weighted by Crippen LogP contribution is 2.35. The number of hydrogen-bond acceptors (Lipinski definition) is 7. The van der Waals surface area contributed by atoms with E-state index in [4.69, 9.17) is 0 Å². The summed E-state index contributed by atoms with van der Waals surface area (Å²) >= 11 is 0. The largest absolute Gasteiger partial charge is 0.367 e. The summed E-state index contributed by atoms with van der Waals surface area (Å²) in [5.41, 5.74) is 1.74. The van der Waals surface area contributed by atoms with E-state index in [1.54, 1.807) is 36.8 Å². The van der Waals surface area contributed by atoms with Crippen LogP contribution in [0.1, 0.15) is 25.3 Å². The van der Waals surface area contributed by atoms with Crippen molar-refractivity contribution in [2.24, 2.45) is 5.92 Å². The van der Waals surface area contributed by atoms with Gasteiger partial charge in [0.1, 0.15) is 5.82 Å². The molecular formula is C21H23N7O2S. The third kappa shape index (κ3) is 4.11. The summed E-state index contributed by atoms with van der Waals surface area (Å²) in [6.45, 7) is 2.12. The average molecular weight is 438 g/mol. The molecule has 3 N–H and O–H groups in total. The van der Waals surface area contributed by atoms with Gasteiger partial charge in [-0.2, -0.15) is 15.1 Å². The molecule has 0 radical (unpaired) electrons. The molecule has 0 saturated heterocycles. The molecule has 4 aromatic rings. The minimum Gasteiger partial charge on any atom is -0.367 e. The second-order valence-electron chi connectivity index (χ2n) is 7.87. The van der Waals surface area contributed by atoms with Crippen molar-refractivity contribution in [1.82, 2.24) is 24.1 Å². The van der Waals surface area contributed by atoms with Crippen molar-refractivity contribution in [2.45, 2.75) is 31.6 Å². The number of fused-ring (bicyclic) bond motifs is 1. The molecule has 1 aromatic carbocycles. The molecule has 5 rings (SSSR count). The van der Waals surface area contributed by atoms with Gasteiger partial charge in [-0.15, -0.1) is 0 Å². The number of nitrogens with zero attached hydrogens (tertiary/aromatic N) is 4. The van der Waals surface area contributed by atoms with E-state index in [0.29, 0.717) is 34.4 Å². The topological polar surface area (TPSA) is 118 Å². The zero-order valence-corrected chi connectivity index (χ0v) is 17.8. The monoisotopic (exact) mass is 437 g/mol. The first-order valence-corrected chi connectivity index (χ1v) is 11.8. The van der Waals surface area contributed by atoms with Crippen LogP contribution in [0, 0.1) is 5.92 Å². The lowest BCUT2D eigenvalue weighted by Gasteiger charge is -2.16. The molecule has 0 spiro atoms. The summed E-state index contributed by atoms with van der Waals surface area (Å²) in [7, 11) is -3.67. The lowest BCUT2D eigenvalue weighted by Crippen LogP contribution is -2.19. The van der Waals surface area contributed by atoms with E-state index in [9.17, 15) is 8.42 Å². The Labute approximate surface area is 180 Å². The quantitative estimate of drug-likeness (QED) is 0.386. The molecule has 3 aromatic heterocycles. The molecule has 1 saturated carbocycles. The summed E-state index contributed by atoms with van der Waals surface area (Å²) in [5, 5.41) is 13.9. The fourth-order valence-corrected chi connectivity index (χ4v) is 5.02. The van der Waals surface area contributed by atoms with Gasteiger partial charge >= 0.3 is 0 Å². The lowest BCUT2D eigenvalue weighted by molar-refractivity contribution is 0.588. The second-order valence-corrected chi connectivity index (χ2v) is 9.71. The second kappa shape index (κ2) is 7.69. The molecule has 0 bridgehead atoms. The first kappa shape index (κ1) is 19.6. The van der Waals surface area contributed by atoms with Gasteiger partial charge in [0.05, 0.1) is 23.0 Å². The summed E-state index contributed by atoms with van der Waals surface area (Å²) in [6.07, 6.45) is 7.22. The van der Waals surface area contributed by atoms with Crippen molar-refractivity contribution < 1.29 is 8.42 Å². The van der Waals surface area contributed by atoms with Crippen LogP contribution in [-0.4, -0.2) is 38.6 Å². The van der Waals surface area contributed by atoms with Gasteiger partial charge in [0.25, 0.3) is 0 Å². The summed E-state index contributed by atoms with van der Waals surface area (Å²) < 4.78 is 27.6. The SMILES string of the molecule is C[C@H](Nc1nc(Nc2cn[nH]c2)nc2c1ccn2S(=O)(=O)Cc1ccccc1)C1CC1. The van der Waals surface area contributed by atoms with Crippen LogP contribution in [0.2, 0.25) is 0 Å². The molecule has 9 nitrogen and oxygen atoms in total. The summed E-state index contributed by atoms with van der Waals surface area (Å²) in [6, 6.07) is 11.1. The zero-order valence-electron chi connectivity index (χ0n) is 17.0. The Kier molecular flexibility index (Phi) is 4.85. The molecule has 0 aliphatic heterocycles. The fourth-order valence-electron chi connectivity index (χ4n) is 3.61. The number of rotatable bonds is 8. The summed E-state index contributed by atoms with van der Waals surface area (Å²) in [5.74, 6) is 1.41. The van der Waals surface area contributed by atoms with Crippen molar-refractivity contribution in [1.29, 1.82) is 0 Å². The number of hydrogen-bond donors (Lipinski definition) is 3. The predicted octanol–water partition coefficient (Wildman–Crippen LogP) is 3.49. The molecule has 3 heterocycles. The third-order valence-corrected chi connectivity index (χ3v) is 7.04. The van der Waals surface area contributed by atoms with Crippen LogP contribution in [0.4, 0.5) is 17.5 Å². The standard InChI is InChI=1S/C21H23N7O2S/c1-14(16-7-8-16)24-19-18-9-10-28(31(29,30)13-15-5-3-2-4-6-15)20(18)27-21(26-19)25-17-11-22-23-12-17/h2-6,9-12,14,16H,7-8,13H2,1H3,(H,22,23)(H2,24,25,26,27)/t14-/m0/s1. The average Bonchev–Trinajstić information content (AvgIpc) is 3.30. The Morgan fingerprint density at radius 1 is 1.19 bits per heavy atom. The number of benzene rings is 1. The van der Waals surface area contributed by atoms with E-state index in [0.717, 1.165) is 5.56 Å². The van der Waals surface area contributed by atoms with E-state index < -0.39 is 10.0 Å². The Morgan fingerprint density at radius 3 is 2.71 bits per heavy atom. The predicted molar refractivity (Wildman–Crippen MR) is 120 cm³/mol. The molecule has 160 valence electrons. The van der Waals surface area contributed by atoms with E-state index in [2.05, 4.69) is 37.7 Å². The highest BCUT2D eigenvalue weighted by molar-refractivity contribution is 7.89. The number of anilines is 3. The van der Waals surface area contributed by atoms with Crippen molar-refractivity contribution in [3.8, 4) is 0 Å². The maximum Gasteiger partial charge on any atom is 0.244 e. The zero-order chi connectivity index (χ0) is 21.4. The van der Waals surface area contributed by atoms with E-state index >= 15 is 0 Å². The molecular weight excluding hydrogens is 414 g/mol. The van der Waals surface area contributed by atoms with Crippen molar-refractivity contribution >= 4 is 38.5 Å². The Balaban J connectivity index is 1.57. The van der Waals surface area contributed by atoms with Crippen LogP contribution in [0.15, 0.2) is 55.0 Å². The summed E-state index contributed by atoms with van der Waals surface area (Å²) in [4.78, 5) is 9.15. The fraction of sp³-hybridized carbons (Fsp3) is 0.286. The molecule has 1 fully saturated rings. The maximum absolute atomic E-state index is 13.2. The first-order valence-electron chi connectivity index (χ1n) is 10.2. The van der Waals surface area contributed by atoms with Gasteiger partial charge in [-0.05, 0) is 37.3 Å². The van der Waals surface area contributed by atoms with Crippen LogP contribution in [-0.2, 0) is 15.8 Å². The Hall–Kier alpha value is -3.40. The Bertz CT molecular complexity index is 1300. The van der Waals surface area contributed by atoms with Crippen LogP contribution in [0.3, 0.4) is 0 Å². The molecule has 0 unspecified atom stereocenters. The van der Waals surface area contributed by atoms with Crippen LogP contribution in [0.5, 0.6) is 0 Å². The van der Waals surface area contributed by atoms with E-state index in [-0.39, 0.29) is 11.8 Å². The highest BCUT2D eigenvalue weighted by atomic mass is 32.2. The minimum atomic E-state index is -3.67. The molecule has 31 heavy (non-hydrogen) atoms. The van der Waals surface area contributed by atoms with Gasteiger partial charge in [-0.3, -0.25) is 5.10 Å².